The molecule has 0 N–H and O–H groups in total. The summed E-state index contributed by atoms with van der Waals surface area (Å²) >= 11 is 0. The van der Waals surface area contributed by atoms with Gasteiger partial charge < -0.3 is 19.6 Å². The Kier molecular flexibility index (Phi) is 6.04. The Morgan fingerprint density at radius 2 is 1.66 bits per heavy atom. The van der Waals surface area contributed by atoms with Gasteiger partial charge in [-0.25, -0.2) is 4.39 Å². The van der Waals surface area contributed by atoms with Crippen LogP contribution < -0.4 is 9.80 Å². The van der Waals surface area contributed by atoms with Crippen LogP contribution >= 0.6 is 0 Å². The normalized spacial score (nSPS) is 21.9. The van der Waals surface area contributed by atoms with Crippen LogP contribution in [0, 0.1) is 21.8 Å². The fourth-order valence-corrected chi connectivity index (χ4v) is 5.57. The number of carbonyl (C=O) groups excluding carboxylic acids is 2. The number of nitro benzene ring substituents is 1. The zero-order valence-electron chi connectivity index (χ0n) is 19.6. The molecule has 3 aliphatic rings. The summed E-state index contributed by atoms with van der Waals surface area (Å²) in [7, 11) is 0. The van der Waals surface area contributed by atoms with E-state index in [0.29, 0.717) is 52.2 Å². The molecule has 2 aromatic carbocycles. The molecule has 3 aliphatic heterocycles. The van der Waals surface area contributed by atoms with Crippen molar-refractivity contribution >= 4 is 28.9 Å². The Labute approximate surface area is 202 Å². The maximum atomic E-state index is 13.8. The topological polar surface area (TPSA) is 90.2 Å². The van der Waals surface area contributed by atoms with Crippen LogP contribution in [0.4, 0.5) is 21.5 Å². The molecule has 10 heteroatoms. The molecule has 2 fully saturated rings. The van der Waals surface area contributed by atoms with E-state index in [1.54, 1.807) is 29.2 Å². The highest BCUT2D eigenvalue weighted by Crippen LogP contribution is 2.39. The van der Waals surface area contributed by atoms with Crippen LogP contribution in [0.15, 0.2) is 42.5 Å². The largest absolute Gasteiger partial charge is 0.368 e. The zero-order chi connectivity index (χ0) is 24.7. The lowest BCUT2D eigenvalue weighted by atomic mass is 9.82. The molecule has 0 aliphatic carbocycles. The fraction of sp³-hybridized carbons (Fsp3) is 0.440. The van der Waals surface area contributed by atoms with E-state index in [4.69, 9.17) is 0 Å². The van der Waals surface area contributed by atoms with E-state index in [0.717, 1.165) is 16.9 Å². The molecule has 5 rings (SSSR count). The lowest BCUT2D eigenvalue weighted by Crippen LogP contribution is -2.62. The van der Waals surface area contributed by atoms with Crippen molar-refractivity contribution in [2.75, 3.05) is 55.6 Å². The first kappa shape index (κ1) is 23.1. The van der Waals surface area contributed by atoms with E-state index in [1.165, 1.54) is 25.1 Å². The zero-order valence-corrected chi connectivity index (χ0v) is 19.6. The summed E-state index contributed by atoms with van der Waals surface area (Å²) in [6.45, 7) is 5.43. The maximum absolute atomic E-state index is 13.8. The molecule has 2 unspecified atom stereocenters. The molecule has 35 heavy (non-hydrogen) atoms. The van der Waals surface area contributed by atoms with Crippen molar-refractivity contribution in [2.24, 2.45) is 5.92 Å². The van der Waals surface area contributed by atoms with E-state index in [2.05, 4.69) is 9.80 Å². The Morgan fingerprint density at radius 3 is 2.31 bits per heavy atom. The number of nitro groups is 1. The third-order valence-corrected chi connectivity index (χ3v) is 7.45. The van der Waals surface area contributed by atoms with Crippen LogP contribution in [0.2, 0.25) is 0 Å². The van der Waals surface area contributed by atoms with E-state index in [-0.39, 0.29) is 35.3 Å². The number of rotatable bonds is 3. The van der Waals surface area contributed by atoms with Gasteiger partial charge in [0.25, 0.3) is 5.69 Å². The summed E-state index contributed by atoms with van der Waals surface area (Å²) < 4.78 is 13.5. The van der Waals surface area contributed by atoms with Gasteiger partial charge in [0.05, 0.1) is 16.9 Å². The number of nitrogens with zero attached hydrogens (tertiary/aromatic N) is 5. The van der Waals surface area contributed by atoms with Crippen molar-refractivity contribution in [3.63, 3.8) is 0 Å². The number of piperazine rings is 2. The number of non-ortho nitro benzene ring substituents is 1. The molecule has 2 atom stereocenters. The van der Waals surface area contributed by atoms with Crippen LogP contribution in [0.1, 0.15) is 12.5 Å². The van der Waals surface area contributed by atoms with Crippen LogP contribution in [0.25, 0.3) is 0 Å². The van der Waals surface area contributed by atoms with Crippen molar-refractivity contribution in [3.05, 3.63) is 64.0 Å². The van der Waals surface area contributed by atoms with Gasteiger partial charge in [0, 0.05) is 76.2 Å². The fourth-order valence-electron chi connectivity index (χ4n) is 5.57. The minimum atomic E-state index is -0.406. The SMILES string of the molecule is CC(=O)N1CCN(C(=O)C2Cc3cc([N+](=O)[O-])ccc3N3CCN(c4ccc(F)cc4)CC23)CC1. The molecular weight excluding hydrogens is 453 g/mol. The maximum Gasteiger partial charge on any atom is 0.269 e. The lowest BCUT2D eigenvalue weighted by molar-refractivity contribution is -0.384. The molecule has 2 amide bonds. The summed E-state index contributed by atoms with van der Waals surface area (Å²) in [5.74, 6) is -0.652. The first-order valence-corrected chi connectivity index (χ1v) is 11.9. The van der Waals surface area contributed by atoms with E-state index in [1.807, 2.05) is 4.90 Å². The average Bonchev–Trinajstić information content (AvgIpc) is 2.87. The predicted octanol–water partition coefficient (Wildman–Crippen LogP) is 2.29. The number of halogens is 1. The summed E-state index contributed by atoms with van der Waals surface area (Å²) in [5, 5.41) is 11.4. The molecule has 184 valence electrons. The van der Waals surface area contributed by atoms with Crippen LogP contribution in [-0.2, 0) is 16.0 Å². The highest BCUT2D eigenvalue weighted by Gasteiger charge is 2.43. The Hall–Kier alpha value is -3.69. The Balaban J connectivity index is 1.44. The van der Waals surface area contributed by atoms with Gasteiger partial charge >= 0.3 is 0 Å². The summed E-state index contributed by atoms with van der Waals surface area (Å²) in [6, 6.07) is 11.2. The molecule has 2 aromatic rings. The smallest absolute Gasteiger partial charge is 0.269 e. The molecule has 0 aromatic heterocycles. The minimum absolute atomic E-state index is 0.00407. The second-order valence-electron chi connectivity index (χ2n) is 9.40. The van der Waals surface area contributed by atoms with Gasteiger partial charge in [-0.3, -0.25) is 19.7 Å². The molecule has 2 saturated heterocycles. The van der Waals surface area contributed by atoms with Gasteiger partial charge in [-0.2, -0.15) is 0 Å². The van der Waals surface area contributed by atoms with Crippen molar-refractivity contribution in [1.82, 2.24) is 9.80 Å². The number of carbonyl (C=O) groups is 2. The van der Waals surface area contributed by atoms with Crippen LogP contribution in [0.5, 0.6) is 0 Å². The number of benzene rings is 2. The monoisotopic (exact) mass is 481 g/mol. The molecule has 0 radical (unpaired) electrons. The third kappa shape index (κ3) is 4.40. The molecule has 0 spiro atoms. The molecule has 0 saturated carbocycles. The summed E-state index contributed by atoms with van der Waals surface area (Å²) in [5.41, 5.74) is 2.67. The van der Waals surface area contributed by atoms with Crippen molar-refractivity contribution < 1.29 is 18.9 Å². The Bertz CT molecular complexity index is 1150. The second-order valence-corrected chi connectivity index (χ2v) is 9.40. The van der Waals surface area contributed by atoms with Gasteiger partial charge in [-0.1, -0.05) is 0 Å². The first-order valence-electron chi connectivity index (χ1n) is 11.9. The van der Waals surface area contributed by atoms with Gasteiger partial charge in [-0.15, -0.1) is 0 Å². The molecule has 9 nitrogen and oxygen atoms in total. The highest BCUT2D eigenvalue weighted by atomic mass is 19.1. The van der Waals surface area contributed by atoms with Gasteiger partial charge in [0.15, 0.2) is 0 Å². The van der Waals surface area contributed by atoms with Gasteiger partial charge in [0.2, 0.25) is 11.8 Å². The number of hydrogen-bond donors (Lipinski definition) is 0. The van der Waals surface area contributed by atoms with E-state index in [9.17, 15) is 24.1 Å². The predicted molar refractivity (Wildman–Crippen MR) is 129 cm³/mol. The Morgan fingerprint density at radius 1 is 0.971 bits per heavy atom. The number of anilines is 2. The lowest BCUT2D eigenvalue weighted by Gasteiger charge is -2.50. The van der Waals surface area contributed by atoms with E-state index < -0.39 is 4.92 Å². The molecule has 3 heterocycles. The van der Waals surface area contributed by atoms with E-state index >= 15 is 0 Å². The van der Waals surface area contributed by atoms with Crippen LogP contribution in [0.3, 0.4) is 0 Å². The van der Waals surface area contributed by atoms with Crippen molar-refractivity contribution in [1.29, 1.82) is 0 Å². The number of hydrogen-bond acceptors (Lipinski definition) is 6. The molecule has 0 bridgehead atoms. The second kappa shape index (κ2) is 9.16. The summed E-state index contributed by atoms with van der Waals surface area (Å²) in [6.07, 6.45) is 0.418. The number of fused-ring (bicyclic) bond motifs is 3. The minimum Gasteiger partial charge on any atom is -0.368 e. The number of amides is 2. The van der Waals surface area contributed by atoms with Crippen molar-refractivity contribution in [3.8, 4) is 0 Å². The first-order chi connectivity index (χ1) is 16.8. The van der Waals surface area contributed by atoms with Crippen molar-refractivity contribution in [2.45, 2.75) is 19.4 Å². The third-order valence-electron chi connectivity index (χ3n) is 7.45. The van der Waals surface area contributed by atoms with Crippen LogP contribution in [-0.4, -0.2) is 78.4 Å². The quantitative estimate of drug-likeness (QED) is 0.494. The van der Waals surface area contributed by atoms with Gasteiger partial charge in [-0.05, 0) is 42.3 Å². The highest BCUT2D eigenvalue weighted by molar-refractivity contribution is 5.83. The molecular formula is C25H28FN5O4. The average molecular weight is 482 g/mol. The summed E-state index contributed by atoms with van der Waals surface area (Å²) in [4.78, 5) is 44.4. The van der Waals surface area contributed by atoms with Gasteiger partial charge in [0.1, 0.15) is 5.82 Å². The standard InChI is InChI=1S/C25H28FN5O4/c1-17(32)27-8-10-28(11-9-27)25(33)22-15-18-14-21(31(34)35)6-7-23(18)30-13-12-29(16-24(22)30)20-4-2-19(26)3-5-20/h2-7,14,22,24H,8-13,15-16H2,1H3.